The molecule has 1 saturated heterocycles. The number of likely N-dealkylation sites (tertiary alicyclic amines) is 1. The van der Waals surface area contributed by atoms with Crippen molar-refractivity contribution in [3.63, 3.8) is 0 Å². The van der Waals surface area contributed by atoms with Crippen LogP contribution in [0, 0.1) is 12.7 Å². The molecule has 2 aromatic heterocycles. The molecule has 31 heavy (non-hydrogen) atoms. The first-order chi connectivity index (χ1) is 14.9. The van der Waals surface area contributed by atoms with E-state index in [-0.39, 0.29) is 17.8 Å². The summed E-state index contributed by atoms with van der Waals surface area (Å²) in [5, 5.41) is 0. The monoisotopic (exact) mass is 422 g/mol. The number of aromatic nitrogens is 4. The molecule has 0 N–H and O–H groups in total. The van der Waals surface area contributed by atoms with Crippen molar-refractivity contribution >= 4 is 11.9 Å². The Labute approximate surface area is 181 Å². The molecule has 1 aliphatic rings. The Morgan fingerprint density at radius 1 is 1.29 bits per heavy atom. The number of carbonyl (C=O) groups is 1. The molecule has 3 heterocycles. The summed E-state index contributed by atoms with van der Waals surface area (Å²) in [7, 11) is 3.76. The van der Waals surface area contributed by atoms with Gasteiger partial charge in [0.2, 0.25) is 11.9 Å². The van der Waals surface area contributed by atoms with Crippen LogP contribution in [-0.2, 0) is 11.3 Å². The lowest BCUT2D eigenvalue weighted by atomic mass is 9.99. The predicted octanol–water partition coefficient (Wildman–Crippen LogP) is 3.61. The Morgan fingerprint density at radius 2 is 2.13 bits per heavy atom. The van der Waals surface area contributed by atoms with Crippen LogP contribution in [0.3, 0.4) is 0 Å². The lowest BCUT2D eigenvalue weighted by molar-refractivity contribution is -0.132. The molecule has 0 saturated carbocycles. The minimum atomic E-state index is -0.310. The zero-order valence-corrected chi connectivity index (χ0v) is 18.1. The third-order valence-electron chi connectivity index (χ3n) is 5.72. The summed E-state index contributed by atoms with van der Waals surface area (Å²) in [5.41, 5.74) is 2.25. The largest absolute Gasteiger partial charge is 0.347 e. The van der Waals surface area contributed by atoms with Gasteiger partial charge in [-0.1, -0.05) is 12.1 Å². The number of anilines is 1. The summed E-state index contributed by atoms with van der Waals surface area (Å²) >= 11 is 0. The van der Waals surface area contributed by atoms with Gasteiger partial charge in [-0.15, -0.1) is 0 Å². The molecule has 162 valence electrons. The van der Waals surface area contributed by atoms with E-state index in [2.05, 4.69) is 9.97 Å². The highest BCUT2D eigenvalue weighted by molar-refractivity contribution is 5.78. The molecule has 3 aromatic rings. The molecule has 1 fully saturated rings. The third kappa shape index (κ3) is 4.42. The van der Waals surface area contributed by atoms with E-state index in [4.69, 9.17) is 4.98 Å². The van der Waals surface area contributed by atoms with Gasteiger partial charge < -0.3 is 14.4 Å². The van der Waals surface area contributed by atoms with Crippen LogP contribution >= 0.6 is 0 Å². The van der Waals surface area contributed by atoms with E-state index in [9.17, 15) is 9.18 Å². The first-order valence-electron chi connectivity index (χ1n) is 10.5. The fourth-order valence-corrected chi connectivity index (χ4v) is 4.08. The van der Waals surface area contributed by atoms with Gasteiger partial charge in [0.25, 0.3) is 0 Å². The number of amides is 1. The quantitative estimate of drug-likeness (QED) is 0.607. The summed E-state index contributed by atoms with van der Waals surface area (Å²) < 4.78 is 15.9. The first kappa shape index (κ1) is 21.0. The summed E-state index contributed by atoms with van der Waals surface area (Å²) in [5.74, 6) is 1.25. The van der Waals surface area contributed by atoms with Gasteiger partial charge in [0.05, 0.1) is 11.7 Å². The van der Waals surface area contributed by atoms with Crippen molar-refractivity contribution in [2.45, 2.75) is 38.8 Å². The van der Waals surface area contributed by atoms with Gasteiger partial charge >= 0.3 is 0 Å². The van der Waals surface area contributed by atoms with Crippen molar-refractivity contribution in [1.29, 1.82) is 0 Å². The van der Waals surface area contributed by atoms with Gasteiger partial charge in [0, 0.05) is 57.8 Å². The highest BCUT2D eigenvalue weighted by Crippen LogP contribution is 2.37. The highest BCUT2D eigenvalue weighted by atomic mass is 19.1. The van der Waals surface area contributed by atoms with Gasteiger partial charge in [0.15, 0.2) is 0 Å². The standard InChI is InChI=1S/C23H27FN6O/c1-16-25-10-13-29(16)12-9-21(31)30-11-5-8-20(30)22-19(15-26-23(27-22)28(2)3)17-6-4-7-18(24)14-17/h4,6-7,10,13-15,20H,5,8-9,11-12H2,1-3H3. The number of hydrogen-bond acceptors (Lipinski definition) is 5. The average molecular weight is 423 g/mol. The lowest BCUT2D eigenvalue weighted by Crippen LogP contribution is -2.32. The summed E-state index contributed by atoms with van der Waals surface area (Å²) in [6.45, 7) is 3.21. The maximum absolute atomic E-state index is 13.9. The van der Waals surface area contributed by atoms with E-state index in [1.165, 1.54) is 12.1 Å². The molecule has 4 rings (SSSR count). The average Bonchev–Trinajstić information content (AvgIpc) is 3.40. The number of carbonyl (C=O) groups excluding carboxylic acids is 1. The van der Waals surface area contributed by atoms with E-state index in [1.54, 1.807) is 18.5 Å². The topological polar surface area (TPSA) is 67.2 Å². The molecular formula is C23H27FN6O. The second kappa shape index (κ2) is 8.83. The number of rotatable bonds is 6. The van der Waals surface area contributed by atoms with Crippen molar-refractivity contribution in [2.75, 3.05) is 25.5 Å². The van der Waals surface area contributed by atoms with Gasteiger partial charge in [-0.3, -0.25) is 4.79 Å². The molecule has 1 aliphatic heterocycles. The number of aryl methyl sites for hydroxylation is 2. The lowest BCUT2D eigenvalue weighted by Gasteiger charge is -2.27. The van der Waals surface area contributed by atoms with Crippen LogP contribution in [0.2, 0.25) is 0 Å². The minimum absolute atomic E-state index is 0.0887. The first-order valence-corrected chi connectivity index (χ1v) is 10.5. The van der Waals surface area contributed by atoms with Crippen LogP contribution in [0.1, 0.15) is 36.8 Å². The predicted molar refractivity (Wildman–Crippen MR) is 117 cm³/mol. The van der Waals surface area contributed by atoms with Crippen molar-refractivity contribution in [3.8, 4) is 11.1 Å². The normalized spacial score (nSPS) is 16.0. The second-order valence-electron chi connectivity index (χ2n) is 8.04. The Kier molecular flexibility index (Phi) is 5.97. The summed E-state index contributed by atoms with van der Waals surface area (Å²) in [6, 6.07) is 6.28. The van der Waals surface area contributed by atoms with Crippen LogP contribution in [0.15, 0.2) is 42.9 Å². The van der Waals surface area contributed by atoms with Gasteiger partial charge in [-0.2, -0.15) is 0 Å². The maximum atomic E-state index is 13.9. The van der Waals surface area contributed by atoms with E-state index in [0.29, 0.717) is 31.0 Å². The third-order valence-corrected chi connectivity index (χ3v) is 5.72. The molecule has 7 nitrogen and oxygen atoms in total. The van der Waals surface area contributed by atoms with Crippen LogP contribution in [-0.4, -0.2) is 51.0 Å². The van der Waals surface area contributed by atoms with Crippen LogP contribution < -0.4 is 4.90 Å². The number of imidazole rings is 1. The Balaban J connectivity index is 1.65. The van der Waals surface area contributed by atoms with Crippen LogP contribution in [0.4, 0.5) is 10.3 Å². The zero-order valence-electron chi connectivity index (χ0n) is 18.1. The molecule has 1 aromatic carbocycles. The van der Waals surface area contributed by atoms with Gasteiger partial charge in [-0.05, 0) is 37.5 Å². The van der Waals surface area contributed by atoms with Gasteiger partial charge in [-0.25, -0.2) is 19.3 Å². The summed E-state index contributed by atoms with van der Waals surface area (Å²) in [4.78, 5) is 30.3. The van der Waals surface area contributed by atoms with Crippen molar-refractivity contribution in [1.82, 2.24) is 24.4 Å². The Bertz CT molecular complexity index is 1080. The van der Waals surface area contributed by atoms with Crippen molar-refractivity contribution in [2.24, 2.45) is 0 Å². The molecule has 1 atom stereocenters. The van der Waals surface area contributed by atoms with Crippen molar-refractivity contribution < 1.29 is 9.18 Å². The van der Waals surface area contributed by atoms with Crippen LogP contribution in [0.5, 0.6) is 0 Å². The Hall–Kier alpha value is -3.29. The smallest absolute Gasteiger partial charge is 0.225 e. The number of benzene rings is 1. The zero-order chi connectivity index (χ0) is 22.0. The van der Waals surface area contributed by atoms with Crippen LogP contribution in [0.25, 0.3) is 11.1 Å². The van der Waals surface area contributed by atoms with E-state index < -0.39 is 0 Å². The molecule has 8 heteroatoms. The molecule has 0 bridgehead atoms. The SMILES string of the molecule is Cc1nccn1CCC(=O)N1CCCC1c1nc(N(C)C)ncc1-c1cccc(F)c1. The highest BCUT2D eigenvalue weighted by Gasteiger charge is 2.33. The van der Waals surface area contributed by atoms with Gasteiger partial charge in [0.1, 0.15) is 11.6 Å². The molecule has 0 aliphatic carbocycles. The molecular weight excluding hydrogens is 395 g/mol. The molecule has 1 amide bonds. The number of halogens is 1. The fourth-order valence-electron chi connectivity index (χ4n) is 4.08. The van der Waals surface area contributed by atoms with E-state index >= 15 is 0 Å². The number of nitrogens with zero attached hydrogens (tertiary/aromatic N) is 6. The molecule has 0 spiro atoms. The Morgan fingerprint density at radius 3 is 2.84 bits per heavy atom. The maximum Gasteiger partial charge on any atom is 0.225 e. The fraction of sp³-hybridized carbons (Fsp3) is 0.391. The molecule has 1 unspecified atom stereocenters. The van der Waals surface area contributed by atoms with E-state index in [1.807, 2.05) is 47.6 Å². The number of hydrogen-bond donors (Lipinski definition) is 0. The molecule has 0 radical (unpaired) electrons. The summed E-state index contributed by atoms with van der Waals surface area (Å²) in [6.07, 6.45) is 7.50. The van der Waals surface area contributed by atoms with Crippen molar-refractivity contribution in [3.05, 3.63) is 60.2 Å². The van der Waals surface area contributed by atoms with E-state index in [0.717, 1.165) is 29.9 Å². The second-order valence-corrected chi connectivity index (χ2v) is 8.04. The minimum Gasteiger partial charge on any atom is -0.347 e.